The van der Waals surface area contributed by atoms with Crippen LogP contribution in [0.5, 0.6) is 0 Å². The summed E-state index contributed by atoms with van der Waals surface area (Å²) < 4.78 is 34.3. The number of benzene rings is 2. The van der Waals surface area contributed by atoms with Gasteiger partial charge >= 0.3 is 0 Å². The lowest BCUT2D eigenvalue weighted by molar-refractivity contribution is 0.122. The van der Waals surface area contributed by atoms with Gasteiger partial charge in [0.1, 0.15) is 0 Å². The summed E-state index contributed by atoms with van der Waals surface area (Å²) in [5, 5.41) is 0. The molecule has 0 spiro atoms. The van der Waals surface area contributed by atoms with Crippen molar-refractivity contribution in [2.45, 2.75) is 39.5 Å². The molecular formula is C21H28N2O3S. The van der Waals surface area contributed by atoms with E-state index in [1.165, 1.54) is 0 Å². The third-order valence-electron chi connectivity index (χ3n) is 5.70. The van der Waals surface area contributed by atoms with E-state index in [9.17, 15) is 8.42 Å². The third-order valence-corrected chi connectivity index (χ3v) is 7.35. The van der Waals surface area contributed by atoms with E-state index in [1.807, 2.05) is 58.9 Å². The first-order valence-corrected chi connectivity index (χ1v) is 10.7. The van der Waals surface area contributed by atoms with Crippen molar-refractivity contribution < 1.29 is 13.2 Å². The molecule has 0 unspecified atom stereocenters. The number of anilines is 2. The van der Waals surface area contributed by atoms with Gasteiger partial charge in [-0.05, 0) is 86.7 Å². The zero-order valence-electron chi connectivity index (χ0n) is 16.7. The Hall–Kier alpha value is -2.05. The predicted octanol–water partition coefficient (Wildman–Crippen LogP) is 3.87. The van der Waals surface area contributed by atoms with Gasteiger partial charge in [0.2, 0.25) is 0 Å². The van der Waals surface area contributed by atoms with Crippen LogP contribution in [0.3, 0.4) is 0 Å². The van der Waals surface area contributed by atoms with Gasteiger partial charge in [-0.25, -0.2) is 8.42 Å². The summed E-state index contributed by atoms with van der Waals surface area (Å²) >= 11 is 0. The number of ether oxygens (including phenoxy) is 1. The Morgan fingerprint density at radius 2 is 1.30 bits per heavy atom. The molecule has 6 heteroatoms. The summed E-state index contributed by atoms with van der Waals surface area (Å²) in [6.07, 6.45) is 0. The molecule has 1 aliphatic heterocycles. The highest BCUT2D eigenvalue weighted by molar-refractivity contribution is 7.92. The zero-order valence-corrected chi connectivity index (χ0v) is 17.5. The molecule has 2 aromatic carbocycles. The molecule has 1 aliphatic rings. The van der Waals surface area contributed by atoms with E-state index in [0.29, 0.717) is 10.6 Å². The summed E-state index contributed by atoms with van der Waals surface area (Å²) in [5.74, 6) is 0. The van der Waals surface area contributed by atoms with Crippen LogP contribution in [0.4, 0.5) is 11.4 Å². The molecule has 1 fully saturated rings. The fourth-order valence-electron chi connectivity index (χ4n) is 3.64. The van der Waals surface area contributed by atoms with Gasteiger partial charge in [0.15, 0.2) is 0 Å². The highest BCUT2D eigenvalue weighted by Crippen LogP contribution is 2.31. The van der Waals surface area contributed by atoms with Crippen molar-refractivity contribution in [1.82, 2.24) is 0 Å². The molecule has 0 amide bonds. The summed E-state index contributed by atoms with van der Waals surface area (Å²) in [6.45, 7) is 12.9. The van der Waals surface area contributed by atoms with Crippen LogP contribution in [0.1, 0.15) is 27.8 Å². The van der Waals surface area contributed by atoms with Crippen LogP contribution < -0.4 is 9.62 Å². The minimum Gasteiger partial charge on any atom is -0.378 e. The van der Waals surface area contributed by atoms with Crippen molar-refractivity contribution >= 4 is 21.4 Å². The first kappa shape index (κ1) is 19.7. The third kappa shape index (κ3) is 3.82. The number of nitrogens with zero attached hydrogens (tertiary/aromatic N) is 1. The van der Waals surface area contributed by atoms with Crippen LogP contribution in [-0.4, -0.2) is 34.7 Å². The van der Waals surface area contributed by atoms with Crippen LogP contribution in [-0.2, 0) is 14.8 Å². The molecule has 1 saturated heterocycles. The van der Waals surface area contributed by atoms with E-state index in [1.54, 1.807) is 0 Å². The van der Waals surface area contributed by atoms with E-state index in [-0.39, 0.29) is 0 Å². The smallest absolute Gasteiger partial charge is 0.262 e. The largest absolute Gasteiger partial charge is 0.378 e. The van der Waals surface area contributed by atoms with Crippen molar-refractivity contribution in [2.75, 3.05) is 35.9 Å². The maximum Gasteiger partial charge on any atom is 0.262 e. The minimum absolute atomic E-state index is 0.389. The number of hydrogen-bond donors (Lipinski definition) is 1. The maximum atomic E-state index is 13.1. The van der Waals surface area contributed by atoms with E-state index < -0.39 is 10.0 Å². The van der Waals surface area contributed by atoms with Crippen molar-refractivity contribution in [3.8, 4) is 0 Å². The van der Waals surface area contributed by atoms with Crippen LogP contribution >= 0.6 is 0 Å². The number of nitrogens with one attached hydrogen (secondary N) is 1. The molecule has 0 aliphatic carbocycles. The van der Waals surface area contributed by atoms with Crippen molar-refractivity contribution in [2.24, 2.45) is 0 Å². The van der Waals surface area contributed by atoms with Gasteiger partial charge < -0.3 is 9.64 Å². The Balaban J connectivity index is 1.89. The molecule has 3 rings (SSSR count). The molecule has 2 aromatic rings. The Bertz CT molecular complexity index is 915. The van der Waals surface area contributed by atoms with Gasteiger partial charge in [-0.1, -0.05) is 0 Å². The fraction of sp³-hybridized carbons (Fsp3) is 0.429. The lowest BCUT2D eigenvalue weighted by Gasteiger charge is -2.29. The Labute approximate surface area is 162 Å². The maximum absolute atomic E-state index is 13.1. The topological polar surface area (TPSA) is 58.6 Å². The average molecular weight is 389 g/mol. The summed E-state index contributed by atoms with van der Waals surface area (Å²) in [6, 6.07) is 7.55. The fourth-order valence-corrected chi connectivity index (χ4v) is 5.30. The van der Waals surface area contributed by atoms with Gasteiger partial charge in [-0.15, -0.1) is 0 Å². The number of sulfonamides is 1. The second-order valence-electron chi connectivity index (χ2n) is 7.21. The van der Waals surface area contributed by atoms with Crippen LogP contribution in [0.15, 0.2) is 29.2 Å². The van der Waals surface area contributed by atoms with Gasteiger partial charge in [-0.3, -0.25) is 4.72 Å². The molecule has 0 aromatic heterocycles. The second kappa shape index (κ2) is 7.52. The first-order chi connectivity index (χ1) is 12.7. The molecule has 0 saturated carbocycles. The molecule has 1 heterocycles. The first-order valence-electron chi connectivity index (χ1n) is 9.25. The number of rotatable bonds is 4. The normalized spacial score (nSPS) is 15.1. The summed E-state index contributed by atoms with van der Waals surface area (Å²) in [5.41, 5.74) is 6.49. The molecule has 27 heavy (non-hydrogen) atoms. The molecule has 0 bridgehead atoms. The lowest BCUT2D eigenvalue weighted by Crippen LogP contribution is -2.36. The zero-order chi connectivity index (χ0) is 19.8. The molecular weight excluding hydrogens is 360 g/mol. The summed E-state index contributed by atoms with van der Waals surface area (Å²) in [4.78, 5) is 2.63. The monoisotopic (exact) mass is 388 g/mol. The number of hydrogen-bond acceptors (Lipinski definition) is 4. The molecule has 0 atom stereocenters. The van der Waals surface area contributed by atoms with E-state index in [0.717, 1.165) is 59.8 Å². The summed E-state index contributed by atoms with van der Waals surface area (Å²) in [7, 11) is -3.66. The standard InChI is InChI=1S/C21H28N2O3S/c1-14-15(2)17(4)21(18(5)16(14)3)27(24,25)22-19-6-8-20(9-7-19)23-10-12-26-13-11-23/h6-9,22H,10-13H2,1-5H3. The van der Waals surface area contributed by atoms with Gasteiger partial charge in [0.05, 0.1) is 18.1 Å². The minimum atomic E-state index is -3.66. The van der Waals surface area contributed by atoms with E-state index >= 15 is 0 Å². The Morgan fingerprint density at radius 1 is 0.815 bits per heavy atom. The Morgan fingerprint density at radius 3 is 1.81 bits per heavy atom. The van der Waals surface area contributed by atoms with Crippen molar-refractivity contribution in [1.29, 1.82) is 0 Å². The lowest BCUT2D eigenvalue weighted by atomic mass is 9.95. The molecule has 1 N–H and O–H groups in total. The quantitative estimate of drug-likeness (QED) is 0.864. The highest BCUT2D eigenvalue weighted by atomic mass is 32.2. The van der Waals surface area contributed by atoms with E-state index in [4.69, 9.17) is 4.74 Å². The second-order valence-corrected chi connectivity index (χ2v) is 8.83. The van der Waals surface area contributed by atoms with Crippen LogP contribution in [0, 0.1) is 34.6 Å². The van der Waals surface area contributed by atoms with Gasteiger partial charge in [-0.2, -0.15) is 0 Å². The number of morpholine rings is 1. The van der Waals surface area contributed by atoms with Crippen molar-refractivity contribution in [3.63, 3.8) is 0 Å². The predicted molar refractivity (Wildman–Crippen MR) is 110 cm³/mol. The average Bonchev–Trinajstić information content (AvgIpc) is 2.65. The van der Waals surface area contributed by atoms with Gasteiger partial charge in [0, 0.05) is 24.5 Å². The highest BCUT2D eigenvalue weighted by Gasteiger charge is 2.24. The Kier molecular flexibility index (Phi) is 5.49. The van der Waals surface area contributed by atoms with Crippen LogP contribution in [0.25, 0.3) is 0 Å². The molecule has 0 radical (unpaired) electrons. The SMILES string of the molecule is Cc1c(C)c(C)c(S(=O)(=O)Nc2ccc(N3CCOCC3)cc2)c(C)c1C. The van der Waals surface area contributed by atoms with Gasteiger partial charge in [0.25, 0.3) is 10.0 Å². The molecule has 146 valence electrons. The van der Waals surface area contributed by atoms with Crippen molar-refractivity contribution in [3.05, 3.63) is 52.1 Å². The van der Waals surface area contributed by atoms with Crippen LogP contribution in [0.2, 0.25) is 0 Å². The van der Waals surface area contributed by atoms with E-state index in [2.05, 4.69) is 9.62 Å². The molecule has 5 nitrogen and oxygen atoms in total.